The molecule has 1 aliphatic rings. The van der Waals surface area contributed by atoms with Gasteiger partial charge in [0.05, 0.1) is 11.4 Å². The van der Waals surface area contributed by atoms with Crippen molar-refractivity contribution < 1.29 is 17.6 Å². The zero-order chi connectivity index (χ0) is 22.2. The van der Waals surface area contributed by atoms with Gasteiger partial charge in [-0.05, 0) is 44.0 Å². The van der Waals surface area contributed by atoms with E-state index in [1.54, 1.807) is 9.47 Å². The predicted molar refractivity (Wildman–Crippen MR) is 118 cm³/mol. The van der Waals surface area contributed by atoms with Crippen LogP contribution < -0.4 is 4.72 Å². The molecule has 1 aromatic carbocycles. The number of nitrogens with zero attached hydrogens (tertiary/aromatic N) is 3. The number of benzene rings is 1. The first-order valence-electron chi connectivity index (χ1n) is 9.61. The summed E-state index contributed by atoms with van der Waals surface area (Å²) in [6, 6.07) is 5.13. The van der Waals surface area contributed by atoms with Crippen molar-refractivity contribution in [3.63, 3.8) is 0 Å². The van der Waals surface area contributed by atoms with Crippen LogP contribution in [0.25, 0.3) is 10.7 Å². The molecule has 31 heavy (non-hydrogen) atoms. The summed E-state index contributed by atoms with van der Waals surface area (Å²) in [6.07, 6.45) is 3.31. The van der Waals surface area contributed by atoms with E-state index in [-0.39, 0.29) is 28.1 Å². The molecule has 0 atom stereocenters. The van der Waals surface area contributed by atoms with Crippen LogP contribution in [0, 0.1) is 12.7 Å². The second-order valence-electron chi connectivity index (χ2n) is 7.30. The molecular formula is C20H20ClFN4O3S2. The van der Waals surface area contributed by atoms with Gasteiger partial charge >= 0.3 is 0 Å². The van der Waals surface area contributed by atoms with E-state index in [4.69, 9.17) is 11.6 Å². The maximum absolute atomic E-state index is 14.1. The van der Waals surface area contributed by atoms with Gasteiger partial charge in [0.2, 0.25) is 5.91 Å². The minimum Gasteiger partial charge on any atom is -0.341 e. The van der Waals surface area contributed by atoms with Crippen molar-refractivity contribution in [2.75, 3.05) is 17.8 Å². The fourth-order valence-electron chi connectivity index (χ4n) is 3.40. The van der Waals surface area contributed by atoms with Crippen molar-refractivity contribution >= 4 is 44.6 Å². The third-order valence-corrected chi connectivity index (χ3v) is 7.51. The molecule has 1 fully saturated rings. The molecule has 0 spiro atoms. The summed E-state index contributed by atoms with van der Waals surface area (Å²) in [6.45, 7) is 3.24. The van der Waals surface area contributed by atoms with E-state index in [1.807, 2.05) is 12.3 Å². The number of likely N-dealkylation sites (tertiary alicyclic amines) is 1. The van der Waals surface area contributed by atoms with Crippen LogP contribution in [-0.2, 0) is 21.4 Å². The zero-order valence-corrected chi connectivity index (χ0v) is 19.0. The van der Waals surface area contributed by atoms with E-state index in [2.05, 4.69) is 9.71 Å². The van der Waals surface area contributed by atoms with Gasteiger partial charge in [0.15, 0.2) is 0 Å². The number of rotatable bonds is 6. The van der Waals surface area contributed by atoms with Crippen molar-refractivity contribution in [3.8, 4) is 10.7 Å². The van der Waals surface area contributed by atoms with Gasteiger partial charge in [-0.1, -0.05) is 11.6 Å². The zero-order valence-electron chi connectivity index (χ0n) is 16.6. The molecular weight excluding hydrogens is 463 g/mol. The number of hydrogen-bond acceptors (Lipinski definition) is 5. The first-order chi connectivity index (χ1) is 14.7. The Labute approximate surface area is 188 Å². The molecule has 7 nitrogen and oxygen atoms in total. The molecule has 1 aliphatic heterocycles. The number of sulfonamides is 1. The number of carbonyl (C=O) groups excluding carboxylic acids is 1. The van der Waals surface area contributed by atoms with Gasteiger partial charge in [-0.15, -0.1) is 11.3 Å². The van der Waals surface area contributed by atoms with Crippen molar-refractivity contribution in [2.45, 2.75) is 31.2 Å². The van der Waals surface area contributed by atoms with Crippen LogP contribution in [0.2, 0.25) is 5.02 Å². The van der Waals surface area contributed by atoms with E-state index >= 15 is 0 Å². The Bertz CT molecular complexity index is 1230. The van der Waals surface area contributed by atoms with Crippen LogP contribution >= 0.6 is 22.9 Å². The Morgan fingerprint density at radius 3 is 2.68 bits per heavy atom. The van der Waals surface area contributed by atoms with Gasteiger partial charge in [0.25, 0.3) is 10.0 Å². The highest BCUT2D eigenvalue weighted by Gasteiger charge is 2.25. The van der Waals surface area contributed by atoms with Crippen LogP contribution in [-0.4, -0.2) is 41.9 Å². The Kier molecular flexibility index (Phi) is 6.05. The van der Waals surface area contributed by atoms with Crippen molar-refractivity contribution in [1.29, 1.82) is 0 Å². The van der Waals surface area contributed by atoms with Gasteiger partial charge in [-0.2, -0.15) is 0 Å². The van der Waals surface area contributed by atoms with Gasteiger partial charge in [0.1, 0.15) is 22.3 Å². The molecule has 0 aliphatic carbocycles. The quantitative estimate of drug-likeness (QED) is 0.572. The fourth-order valence-corrected chi connectivity index (χ4v) is 5.49. The molecule has 0 bridgehead atoms. The van der Waals surface area contributed by atoms with E-state index in [9.17, 15) is 17.6 Å². The highest BCUT2D eigenvalue weighted by Crippen LogP contribution is 2.30. The summed E-state index contributed by atoms with van der Waals surface area (Å²) in [5, 5.41) is 2.61. The lowest BCUT2D eigenvalue weighted by Crippen LogP contribution is -2.31. The first kappa shape index (κ1) is 21.8. The Morgan fingerprint density at radius 2 is 2.03 bits per heavy atom. The van der Waals surface area contributed by atoms with Gasteiger partial charge in [-0.3, -0.25) is 9.52 Å². The standard InChI is InChI=1S/C20H20ClFN4O3S2/c1-13-12-30-20(23-13)18-9-15(10-26(18)11-19(27)25-6-2-3-7-25)31(28,29)24-17-5-4-14(21)8-16(17)22/h4-5,8-10,12,24H,2-3,6-7,11H2,1H3. The predicted octanol–water partition coefficient (Wildman–Crippen LogP) is 4.14. The molecule has 0 radical (unpaired) electrons. The average Bonchev–Trinajstić information content (AvgIpc) is 3.44. The van der Waals surface area contributed by atoms with Crippen LogP contribution in [0.1, 0.15) is 18.5 Å². The topological polar surface area (TPSA) is 84.3 Å². The van der Waals surface area contributed by atoms with Crippen LogP contribution in [0.3, 0.4) is 0 Å². The third kappa shape index (κ3) is 4.76. The maximum Gasteiger partial charge on any atom is 0.263 e. The summed E-state index contributed by atoms with van der Waals surface area (Å²) in [5.74, 6) is -0.862. The molecule has 164 valence electrons. The number of aryl methyl sites for hydroxylation is 1. The normalized spacial score (nSPS) is 14.2. The monoisotopic (exact) mass is 482 g/mol. The number of halogens is 2. The molecule has 3 aromatic rings. The van der Waals surface area contributed by atoms with Crippen molar-refractivity contribution in [3.05, 3.63) is 52.4 Å². The van der Waals surface area contributed by atoms with E-state index in [0.717, 1.165) is 24.6 Å². The molecule has 0 unspecified atom stereocenters. The van der Waals surface area contributed by atoms with Crippen LogP contribution in [0.4, 0.5) is 10.1 Å². The largest absolute Gasteiger partial charge is 0.341 e. The molecule has 1 amide bonds. The summed E-state index contributed by atoms with van der Waals surface area (Å²) in [4.78, 5) is 18.8. The number of aromatic nitrogens is 2. The number of nitrogens with one attached hydrogen (secondary N) is 1. The van der Waals surface area contributed by atoms with Gasteiger partial charge in [0, 0.05) is 35.4 Å². The molecule has 2 aromatic heterocycles. The maximum atomic E-state index is 14.1. The average molecular weight is 483 g/mol. The Hall–Kier alpha value is -2.43. The molecule has 4 rings (SSSR count). The highest BCUT2D eigenvalue weighted by atomic mass is 35.5. The van der Waals surface area contributed by atoms with E-state index < -0.39 is 15.8 Å². The minimum absolute atomic E-state index is 0.00120. The Morgan fingerprint density at radius 1 is 1.29 bits per heavy atom. The number of amides is 1. The summed E-state index contributed by atoms with van der Waals surface area (Å²) < 4.78 is 43.8. The summed E-state index contributed by atoms with van der Waals surface area (Å²) >= 11 is 7.10. The second-order valence-corrected chi connectivity index (χ2v) is 10.3. The second kappa shape index (κ2) is 8.60. The smallest absolute Gasteiger partial charge is 0.263 e. The Balaban J connectivity index is 1.68. The van der Waals surface area contributed by atoms with Crippen LogP contribution in [0.5, 0.6) is 0 Å². The van der Waals surface area contributed by atoms with E-state index in [0.29, 0.717) is 23.8 Å². The van der Waals surface area contributed by atoms with Gasteiger partial charge in [-0.25, -0.2) is 17.8 Å². The molecule has 11 heteroatoms. The lowest BCUT2D eigenvalue weighted by atomic mass is 10.3. The molecule has 1 saturated heterocycles. The van der Waals surface area contributed by atoms with Gasteiger partial charge < -0.3 is 9.47 Å². The lowest BCUT2D eigenvalue weighted by molar-refractivity contribution is -0.130. The number of hydrogen-bond donors (Lipinski definition) is 1. The number of thiazole rings is 1. The highest BCUT2D eigenvalue weighted by molar-refractivity contribution is 7.92. The number of anilines is 1. The van der Waals surface area contributed by atoms with Crippen molar-refractivity contribution in [2.24, 2.45) is 0 Å². The molecule has 3 heterocycles. The third-order valence-electron chi connectivity index (χ3n) is 4.96. The fraction of sp³-hybridized carbons (Fsp3) is 0.300. The SMILES string of the molecule is Cc1csc(-c2cc(S(=O)(=O)Nc3ccc(Cl)cc3F)cn2CC(=O)N2CCCC2)n1. The molecule has 0 saturated carbocycles. The minimum atomic E-state index is -4.11. The molecule has 1 N–H and O–H groups in total. The first-order valence-corrected chi connectivity index (χ1v) is 12.4. The summed E-state index contributed by atoms with van der Waals surface area (Å²) in [7, 11) is -4.11. The lowest BCUT2D eigenvalue weighted by Gasteiger charge is -2.16. The summed E-state index contributed by atoms with van der Waals surface area (Å²) in [5.41, 5.74) is 1.10. The number of carbonyl (C=O) groups is 1. The van der Waals surface area contributed by atoms with Crippen LogP contribution in [0.15, 0.2) is 40.7 Å². The van der Waals surface area contributed by atoms with Crippen molar-refractivity contribution in [1.82, 2.24) is 14.5 Å². The van der Waals surface area contributed by atoms with E-state index in [1.165, 1.54) is 35.7 Å².